The van der Waals surface area contributed by atoms with Crippen LogP contribution in [-0.4, -0.2) is 21.1 Å². The van der Waals surface area contributed by atoms with Crippen LogP contribution in [0.4, 0.5) is 0 Å². The van der Waals surface area contributed by atoms with E-state index in [0.29, 0.717) is 12.2 Å². The summed E-state index contributed by atoms with van der Waals surface area (Å²) in [5, 5.41) is 9.41. The van der Waals surface area contributed by atoms with Crippen LogP contribution in [0.15, 0.2) is 49.3 Å². The maximum absolute atomic E-state index is 11.4. The molecule has 5 nitrogen and oxygen atoms in total. The molecule has 0 saturated heterocycles. The number of aromatic amines is 1. The molecule has 2 rings (SSSR count). The van der Waals surface area contributed by atoms with Crippen molar-refractivity contribution in [2.45, 2.75) is 12.5 Å². The second-order valence-electron chi connectivity index (χ2n) is 3.83. The molecule has 18 heavy (non-hydrogen) atoms. The fraction of sp³-hybridized carbons (Fsp3) is 0.154. The predicted octanol–water partition coefficient (Wildman–Crippen LogP) is 1.39. The number of hydrogen-bond acceptors (Lipinski definition) is 3. The monoisotopic (exact) mass is 242 g/mol. The minimum atomic E-state index is -0.236. The van der Waals surface area contributed by atoms with Crippen LogP contribution in [0.25, 0.3) is 0 Å². The summed E-state index contributed by atoms with van der Waals surface area (Å²) in [6.07, 6.45) is 3.32. The second-order valence-corrected chi connectivity index (χ2v) is 3.83. The number of carbonyl (C=O) groups is 1. The van der Waals surface area contributed by atoms with E-state index >= 15 is 0 Å². The zero-order valence-corrected chi connectivity index (χ0v) is 9.84. The number of nitrogens with zero attached hydrogens (tertiary/aromatic N) is 2. The van der Waals surface area contributed by atoms with Crippen molar-refractivity contribution in [2.24, 2.45) is 0 Å². The largest absolute Gasteiger partial charge is 0.342 e. The SMILES string of the molecule is C=CC(=O)N[C@H](Cc1ccccc1)c1ncn[nH]1. The molecule has 2 N–H and O–H groups in total. The van der Waals surface area contributed by atoms with Crippen LogP contribution in [0.3, 0.4) is 0 Å². The van der Waals surface area contributed by atoms with Gasteiger partial charge in [-0.05, 0) is 18.1 Å². The number of nitrogens with one attached hydrogen (secondary N) is 2. The number of rotatable bonds is 5. The Morgan fingerprint density at radius 2 is 2.22 bits per heavy atom. The normalized spacial score (nSPS) is 11.8. The van der Waals surface area contributed by atoms with Crippen LogP contribution >= 0.6 is 0 Å². The highest BCUT2D eigenvalue weighted by molar-refractivity contribution is 5.87. The summed E-state index contributed by atoms with van der Waals surface area (Å²) in [4.78, 5) is 15.5. The van der Waals surface area contributed by atoms with E-state index in [1.807, 2.05) is 30.3 Å². The summed E-state index contributed by atoms with van der Waals surface area (Å²) in [6, 6.07) is 9.65. The van der Waals surface area contributed by atoms with Gasteiger partial charge in [-0.25, -0.2) is 4.98 Å². The molecule has 5 heteroatoms. The molecule has 0 saturated carbocycles. The Hall–Kier alpha value is -2.43. The Balaban J connectivity index is 2.15. The van der Waals surface area contributed by atoms with Crippen molar-refractivity contribution in [2.75, 3.05) is 0 Å². The highest BCUT2D eigenvalue weighted by Gasteiger charge is 2.16. The quantitative estimate of drug-likeness (QED) is 0.778. The second kappa shape index (κ2) is 5.77. The van der Waals surface area contributed by atoms with Gasteiger partial charge in [0.2, 0.25) is 5.91 Å². The Kier molecular flexibility index (Phi) is 3.86. The number of aromatic nitrogens is 3. The van der Waals surface area contributed by atoms with Gasteiger partial charge < -0.3 is 5.32 Å². The first kappa shape index (κ1) is 12.0. The Labute approximate surface area is 105 Å². The molecule has 0 aliphatic carbocycles. The van der Waals surface area contributed by atoms with E-state index in [1.54, 1.807) is 0 Å². The van der Waals surface area contributed by atoms with E-state index in [-0.39, 0.29) is 11.9 Å². The van der Waals surface area contributed by atoms with E-state index in [0.717, 1.165) is 5.56 Å². The molecular formula is C13H14N4O. The number of benzene rings is 1. The van der Waals surface area contributed by atoms with Crippen molar-refractivity contribution in [3.63, 3.8) is 0 Å². The van der Waals surface area contributed by atoms with Crippen LogP contribution in [0, 0.1) is 0 Å². The van der Waals surface area contributed by atoms with E-state index in [9.17, 15) is 4.79 Å². The van der Waals surface area contributed by atoms with E-state index in [1.165, 1.54) is 12.4 Å². The Morgan fingerprint density at radius 3 is 2.83 bits per heavy atom. The zero-order chi connectivity index (χ0) is 12.8. The minimum Gasteiger partial charge on any atom is -0.342 e. The molecule has 2 aromatic rings. The van der Waals surface area contributed by atoms with Gasteiger partial charge in [0.05, 0.1) is 6.04 Å². The summed E-state index contributed by atoms with van der Waals surface area (Å²) >= 11 is 0. The lowest BCUT2D eigenvalue weighted by Crippen LogP contribution is -2.29. The minimum absolute atomic E-state index is 0.229. The van der Waals surface area contributed by atoms with Crippen molar-refractivity contribution in [1.82, 2.24) is 20.5 Å². The van der Waals surface area contributed by atoms with E-state index < -0.39 is 0 Å². The molecule has 0 unspecified atom stereocenters. The van der Waals surface area contributed by atoms with Gasteiger partial charge in [0.25, 0.3) is 0 Å². The molecule has 0 spiro atoms. The Bertz CT molecular complexity index is 507. The van der Waals surface area contributed by atoms with Crippen molar-refractivity contribution >= 4 is 5.91 Å². The third-order valence-electron chi connectivity index (χ3n) is 2.55. The van der Waals surface area contributed by atoms with Crippen LogP contribution < -0.4 is 5.32 Å². The third-order valence-corrected chi connectivity index (χ3v) is 2.55. The first-order chi connectivity index (χ1) is 8.79. The zero-order valence-electron chi connectivity index (χ0n) is 9.84. The average Bonchev–Trinajstić information content (AvgIpc) is 2.93. The third kappa shape index (κ3) is 3.04. The van der Waals surface area contributed by atoms with Gasteiger partial charge in [-0.1, -0.05) is 36.9 Å². The molecule has 92 valence electrons. The van der Waals surface area contributed by atoms with E-state index in [2.05, 4.69) is 27.1 Å². The molecule has 0 aliphatic heterocycles. The molecule has 0 bridgehead atoms. The number of carbonyl (C=O) groups excluding carboxylic acids is 1. The van der Waals surface area contributed by atoms with E-state index in [4.69, 9.17) is 0 Å². The fourth-order valence-corrected chi connectivity index (χ4v) is 1.68. The molecule has 1 amide bonds. The maximum Gasteiger partial charge on any atom is 0.243 e. The van der Waals surface area contributed by atoms with Crippen LogP contribution in [0.1, 0.15) is 17.4 Å². The molecule has 1 heterocycles. The number of amides is 1. The van der Waals surface area contributed by atoms with Crippen LogP contribution in [-0.2, 0) is 11.2 Å². The van der Waals surface area contributed by atoms with Crippen LogP contribution in [0.5, 0.6) is 0 Å². The summed E-state index contributed by atoms with van der Waals surface area (Å²) in [7, 11) is 0. The fourth-order valence-electron chi connectivity index (χ4n) is 1.68. The molecular weight excluding hydrogens is 228 g/mol. The predicted molar refractivity (Wildman–Crippen MR) is 67.6 cm³/mol. The molecule has 1 aromatic carbocycles. The maximum atomic E-state index is 11.4. The first-order valence-corrected chi connectivity index (χ1v) is 5.61. The van der Waals surface area contributed by atoms with Crippen molar-refractivity contribution in [1.29, 1.82) is 0 Å². The Morgan fingerprint density at radius 1 is 1.44 bits per heavy atom. The van der Waals surface area contributed by atoms with Crippen molar-refractivity contribution in [3.8, 4) is 0 Å². The average molecular weight is 242 g/mol. The molecule has 0 radical (unpaired) electrons. The molecule has 0 fully saturated rings. The van der Waals surface area contributed by atoms with Gasteiger partial charge in [0.15, 0.2) is 0 Å². The highest BCUT2D eigenvalue weighted by atomic mass is 16.1. The topological polar surface area (TPSA) is 70.7 Å². The summed E-state index contributed by atoms with van der Waals surface area (Å²) in [6.45, 7) is 3.44. The van der Waals surface area contributed by atoms with Gasteiger partial charge >= 0.3 is 0 Å². The molecule has 1 atom stereocenters. The van der Waals surface area contributed by atoms with Crippen molar-refractivity contribution < 1.29 is 4.79 Å². The van der Waals surface area contributed by atoms with Crippen molar-refractivity contribution in [3.05, 3.63) is 60.7 Å². The van der Waals surface area contributed by atoms with Crippen LogP contribution in [0.2, 0.25) is 0 Å². The summed E-state index contributed by atoms with van der Waals surface area (Å²) < 4.78 is 0. The summed E-state index contributed by atoms with van der Waals surface area (Å²) in [5.74, 6) is 0.404. The standard InChI is InChI=1S/C13H14N4O/c1-2-12(18)16-11(13-14-9-15-17-13)8-10-6-4-3-5-7-10/h2-7,9,11H,1,8H2,(H,16,18)(H,14,15,17)/t11-/m1/s1. The van der Waals surface area contributed by atoms with Gasteiger partial charge in [-0.3, -0.25) is 9.89 Å². The van der Waals surface area contributed by atoms with Gasteiger partial charge in [0.1, 0.15) is 12.2 Å². The smallest absolute Gasteiger partial charge is 0.243 e. The van der Waals surface area contributed by atoms with Gasteiger partial charge in [0, 0.05) is 0 Å². The lowest BCUT2D eigenvalue weighted by Gasteiger charge is -2.15. The van der Waals surface area contributed by atoms with Gasteiger partial charge in [-0.2, -0.15) is 5.10 Å². The molecule has 0 aliphatic rings. The summed E-state index contributed by atoms with van der Waals surface area (Å²) in [5.41, 5.74) is 1.11. The molecule has 1 aromatic heterocycles. The number of H-pyrrole nitrogens is 1. The lowest BCUT2D eigenvalue weighted by molar-refractivity contribution is -0.117. The first-order valence-electron chi connectivity index (χ1n) is 5.61. The number of hydrogen-bond donors (Lipinski definition) is 2. The highest BCUT2D eigenvalue weighted by Crippen LogP contribution is 2.14. The van der Waals surface area contributed by atoms with Gasteiger partial charge in [-0.15, -0.1) is 0 Å². The lowest BCUT2D eigenvalue weighted by atomic mass is 10.1.